The SMILES string of the molecule is CCOC(=O)C1CCCN1C(=O)c1ccc(CSC)cc1. The number of hydrogen-bond acceptors (Lipinski definition) is 4. The summed E-state index contributed by atoms with van der Waals surface area (Å²) >= 11 is 1.75. The number of carbonyl (C=O) groups is 2. The summed E-state index contributed by atoms with van der Waals surface area (Å²) in [6.45, 7) is 2.75. The van der Waals surface area contributed by atoms with Crippen molar-refractivity contribution in [2.45, 2.75) is 31.6 Å². The molecule has 5 heteroatoms. The smallest absolute Gasteiger partial charge is 0.328 e. The van der Waals surface area contributed by atoms with Crippen LogP contribution in [0.3, 0.4) is 0 Å². The van der Waals surface area contributed by atoms with Crippen LogP contribution in [0.4, 0.5) is 0 Å². The Morgan fingerprint density at radius 2 is 2.05 bits per heavy atom. The van der Waals surface area contributed by atoms with Gasteiger partial charge in [-0.05, 0) is 43.7 Å². The number of esters is 1. The number of benzene rings is 1. The fourth-order valence-electron chi connectivity index (χ4n) is 2.57. The van der Waals surface area contributed by atoms with Crippen LogP contribution in [0, 0.1) is 0 Å². The van der Waals surface area contributed by atoms with Gasteiger partial charge >= 0.3 is 5.97 Å². The van der Waals surface area contributed by atoms with E-state index >= 15 is 0 Å². The quantitative estimate of drug-likeness (QED) is 0.785. The summed E-state index contributed by atoms with van der Waals surface area (Å²) in [4.78, 5) is 26.1. The largest absolute Gasteiger partial charge is 0.464 e. The summed E-state index contributed by atoms with van der Waals surface area (Å²) in [5.41, 5.74) is 1.83. The highest BCUT2D eigenvalue weighted by Crippen LogP contribution is 2.22. The Morgan fingerprint density at radius 3 is 2.67 bits per heavy atom. The summed E-state index contributed by atoms with van der Waals surface area (Å²) in [6, 6.07) is 7.20. The van der Waals surface area contributed by atoms with Crippen LogP contribution in [-0.2, 0) is 15.3 Å². The maximum absolute atomic E-state index is 12.5. The molecule has 0 bridgehead atoms. The molecule has 21 heavy (non-hydrogen) atoms. The van der Waals surface area contributed by atoms with Crippen molar-refractivity contribution in [3.05, 3.63) is 35.4 Å². The lowest BCUT2D eigenvalue weighted by molar-refractivity contribution is -0.147. The minimum atomic E-state index is -0.427. The average Bonchev–Trinajstić information content (AvgIpc) is 2.97. The molecule has 4 nitrogen and oxygen atoms in total. The molecule has 114 valence electrons. The van der Waals surface area contributed by atoms with E-state index in [0.717, 1.165) is 12.2 Å². The van der Waals surface area contributed by atoms with Crippen molar-refractivity contribution in [1.29, 1.82) is 0 Å². The summed E-state index contributed by atoms with van der Waals surface area (Å²) in [5.74, 6) is 0.563. The Labute approximate surface area is 129 Å². The second-order valence-corrected chi connectivity index (χ2v) is 5.90. The number of thioether (sulfide) groups is 1. The lowest BCUT2D eigenvalue weighted by atomic mass is 10.1. The number of ether oxygens (including phenoxy) is 1. The molecule has 1 aliphatic heterocycles. The molecular formula is C16H21NO3S. The van der Waals surface area contributed by atoms with Crippen molar-refractivity contribution in [1.82, 2.24) is 4.90 Å². The lowest BCUT2D eigenvalue weighted by Gasteiger charge is -2.23. The van der Waals surface area contributed by atoms with Gasteiger partial charge in [0.05, 0.1) is 6.61 Å². The molecule has 0 spiro atoms. The lowest BCUT2D eigenvalue weighted by Crippen LogP contribution is -2.41. The highest BCUT2D eigenvalue weighted by atomic mass is 32.2. The van der Waals surface area contributed by atoms with Gasteiger partial charge in [0.25, 0.3) is 5.91 Å². The standard InChI is InChI=1S/C16H21NO3S/c1-3-20-16(19)14-5-4-10-17(14)15(18)13-8-6-12(7-9-13)11-21-2/h6-9,14H,3-5,10-11H2,1-2H3. The minimum Gasteiger partial charge on any atom is -0.464 e. The zero-order valence-electron chi connectivity index (χ0n) is 12.5. The molecule has 1 aliphatic rings. The van der Waals surface area contributed by atoms with Gasteiger partial charge in [0.2, 0.25) is 0 Å². The predicted octanol–water partition coefficient (Wildman–Crippen LogP) is 2.72. The van der Waals surface area contributed by atoms with Gasteiger partial charge in [-0.3, -0.25) is 4.79 Å². The third kappa shape index (κ3) is 3.79. The molecule has 0 N–H and O–H groups in total. The van der Waals surface area contributed by atoms with Gasteiger partial charge in [-0.2, -0.15) is 11.8 Å². The van der Waals surface area contributed by atoms with Gasteiger partial charge < -0.3 is 9.64 Å². The Hall–Kier alpha value is -1.49. The highest BCUT2D eigenvalue weighted by Gasteiger charge is 2.35. The van der Waals surface area contributed by atoms with E-state index in [4.69, 9.17) is 4.74 Å². The molecule has 0 aromatic heterocycles. The molecule has 0 saturated carbocycles. The average molecular weight is 307 g/mol. The van der Waals surface area contributed by atoms with E-state index in [9.17, 15) is 9.59 Å². The number of amides is 1. The maximum Gasteiger partial charge on any atom is 0.328 e. The van der Waals surface area contributed by atoms with Gasteiger partial charge in [-0.25, -0.2) is 4.79 Å². The van der Waals surface area contributed by atoms with Crippen molar-refractivity contribution in [2.75, 3.05) is 19.4 Å². The molecule has 1 fully saturated rings. The molecule has 1 saturated heterocycles. The Kier molecular flexibility index (Phi) is 5.67. The summed E-state index contributed by atoms with van der Waals surface area (Å²) < 4.78 is 5.06. The van der Waals surface area contributed by atoms with E-state index in [2.05, 4.69) is 0 Å². The molecule has 1 atom stereocenters. The summed E-state index contributed by atoms with van der Waals surface area (Å²) in [7, 11) is 0. The van der Waals surface area contributed by atoms with Gasteiger partial charge in [-0.1, -0.05) is 12.1 Å². The van der Waals surface area contributed by atoms with E-state index in [0.29, 0.717) is 25.1 Å². The number of nitrogens with zero attached hydrogens (tertiary/aromatic N) is 1. The van der Waals surface area contributed by atoms with Crippen LogP contribution in [0.1, 0.15) is 35.7 Å². The summed E-state index contributed by atoms with van der Waals surface area (Å²) in [5, 5.41) is 0. The molecule has 1 amide bonds. The Bertz CT molecular complexity index is 501. The van der Waals surface area contributed by atoms with Crippen LogP contribution in [0.2, 0.25) is 0 Å². The van der Waals surface area contributed by atoms with Crippen molar-refractivity contribution in [2.24, 2.45) is 0 Å². The first-order valence-corrected chi connectivity index (χ1v) is 8.62. The van der Waals surface area contributed by atoms with Crippen LogP contribution < -0.4 is 0 Å². The third-order valence-electron chi connectivity index (χ3n) is 3.58. The second-order valence-electron chi connectivity index (χ2n) is 5.04. The van der Waals surface area contributed by atoms with Crippen LogP contribution in [-0.4, -0.2) is 42.2 Å². The molecule has 1 heterocycles. The van der Waals surface area contributed by atoms with E-state index in [1.54, 1.807) is 23.6 Å². The van der Waals surface area contributed by atoms with E-state index < -0.39 is 6.04 Å². The molecule has 1 aromatic carbocycles. The zero-order valence-corrected chi connectivity index (χ0v) is 13.3. The van der Waals surface area contributed by atoms with Crippen LogP contribution in [0.25, 0.3) is 0 Å². The number of rotatable bonds is 5. The van der Waals surface area contributed by atoms with Crippen molar-refractivity contribution in [3.8, 4) is 0 Å². The molecular weight excluding hydrogens is 286 g/mol. The molecule has 0 aliphatic carbocycles. The first kappa shape index (κ1) is 15.9. The Balaban J connectivity index is 2.09. The van der Waals surface area contributed by atoms with Gasteiger partial charge in [0.15, 0.2) is 0 Å². The van der Waals surface area contributed by atoms with Gasteiger partial charge in [-0.15, -0.1) is 0 Å². The fourth-order valence-corrected chi connectivity index (χ4v) is 3.10. The van der Waals surface area contributed by atoms with Gasteiger partial charge in [0.1, 0.15) is 6.04 Å². The fraction of sp³-hybridized carbons (Fsp3) is 0.500. The molecule has 0 radical (unpaired) electrons. The number of likely N-dealkylation sites (tertiary alicyclic amines) is 1. The van der Waals surface area contributed by atoms with E-state index in [-0.39, 0.29) is 11.9 Å². The van der Waals surface area contributed by atoms with Crippen LogP contribution in [0.15, 0.2) is 24.3 Å². The van der Waals surface area contributed by atoms with Crippen molar-refractivity contribution >= 4 is 23.6 Å². The van der Waals surface area contributed by atoms with Crippen molar-refractivity contribution in [3.63, 3.8) is 0 Å². The molecule has 1 aromatic rings. The zero-order chi connectivity index (χ0) is 15.2. The second kappa shape index (κ2) is 7.50. The van der Waals surface area contributed by atoms with Gasteiger partial charge in [0, 0.05) is 17.9 Å². The minimum absolute atomic E-state index is 0.0822. The van der Waals surface area contributed by atoms with Crippen LogP contribution in [0.5, 0.6) is 0 Å². The first-order valence-electron chi connectivity index (χ1n) is 7.22. The third-order valence-corrected chi connectivity index (χ3v) is 4.21. The predicted molar refractivity (Wildman–Crippen MR) is 84.4 cm³/mol. The molecule has 1 unspecified atom stereocenters. The van der Waals surface area contributed by atoms with E-state index in [1.807, 2.05) is 30.5 Å². The number of carbonyl (C=O) groups excluding carboxylic acids is 2. The monoisotopic (exact) mass is 307 g/mol. The maximum atomic E-state index is 12.5. The molecule has 2 rings (SSSR count). The summed E-state index contributed by atoms with van der Waals surface area (Å²) in [6.07, 6.45) is 3.59. The highest BCUT2D eigenvalue weighted by molar-refractivity contribution is 7.97. The van der Waals surface area contributed by atoms with Crippen molar-refractivity contribution < 1.29 is 14.3 Å². The Morgan fingerprint density at radius 1 is 1.33 bits per heavy atom. The van der Waals surface area contributed by atoms with Crippen LogP contribution >= 0.6 is 11.8 Å². The topological polar surface area (TPSA) is 46.6 Å². The van der Waals surface area contributed by atoms with E-state index in [1.165, 1.54) is 5.56 Å². The first-order chi connectivity index (χ1) is 10.2. The number of hydrogen-bond donors (Lipinski definition) is 0. The normalized spacial score (nSPS) is 17.8.